The van der Waals surface area contributed by atoms with Crippen LogP contribution in [0.15, 0.2) is 29.2 Å². The van der Waals surface area contributed by atoms with Crippen LogP contribution >= 0.6 is 34.8 Å². The van der Waals surface area contributed by atoms with Crippen molar-refractivity contribution in [2.75, 3.05) is 0 Å². The summed E-state index contributed by atoms with van der Waals surface area (Å²) in [6, 6.07) is 6.18. The molecule has 8 heteroatoms. The van der Waals surface area contributed by atoms with Gasteiger partial charge in [0, 0.05) is 17.8 Å². The van der Waals surface area contributed by atoms with Crippen LogP contribution in [-0.2, 0) is 19.1 Å². The van der Waals surface area contributed by atoms with Gasteiger partial charge in [0.2, 0.25) is 0 Å². The lowest BCUT2D eigenvalue weighted by atomic mass is 9.58. The van der Waals surface area contributed by atoms with Crippen molar-refractivity contribution in [2.24, 2.45) is 11.3 Å². The van der Waals surface area contributed by atoms with Gasteiger partial charge in [0.05, 0.1) is 4.90 Å². The average Bonchev–Trinajstić information content (AvgIpc) is 2.42. The molecule has 1 aromatic rings. The molecule has 0 unspecified atom stereocenters. The van der Waals surface area contributed by atoms with Crippen LogP contribution in [0.2, 0.25) is 0 Å². The number of Topliss-reactive ketones (excluding diaryl/α,β-unsaturated/α-hetero) is 1. The molecule has 4 nitrogen and oxygen atoms in total. The maximum absolute atomic E-state index is 12.3. The maximum atomic E-state index is 12.3. The van der Waals surface area contributed by atoms with E-state index in [1.165, 1.54) is 12.1 Å². The molecule has 0 amide bonds. The summed E-state index contributed by atoms with van der Waals surface area (Å²) in [5, 5.41) is 0. The molecule has 1 aliphatic carbocycles. The fraction of sp³-hybridized carbons (Fsp3) is 0.533. The van der Waals surface area contributed by atoms with Crippen molar-refractivity contribution < 1.29 is 17.4 Å². The molecule has 1 fully saturated rings. The fourth-order valence-corrected chi connectivity index (χ4v) is 4.21. The molecule has 0 aromatic heterocycles. The van der Waals surface area contributed by atoms with Crippen molar-refractivity contribution in [1.82, 2.24) is 0 Å². The van der Waals surface area contributed by atoms with Crippen molar-refractivity contribution in [3.8, 4) is 0 Å². The van der Waals surface area contributed by atoms with E-state index < -0.39 is 31.3 Å². The number of rotatable bonds is 4. The monoisotopic (exact) mass is 398 g/mol. The van der Waals surface area contributed by atoms with Crippen molar-refractivity contribution in [1.29, 1.82) is 0 Å². The molecule has 1 aromatic carbocycles. The van der Waals surface area contributed by atoms with Gasteiger partial charge in [0.25, 0.3) is 10.1 Å². The smallest absolute Gasteiger partial charge is 0.296 e. The summed E-state index contributed by atoms with van der Waals surface area (Å²) in [7, 11) is -4.06. The topological polar surface area (TPSA) is 60.4 Å². The Morgan fingerprint density at radius 3 is 2.17 bits per heavy atom. The number of hydrogen-bond acceptors (Lipinski definition) is 4. The van der Waals surface area contributed by atoms with Gasteiger partial charge in [0.1, 0.15) is 6.10 Å². The molecule has 0 heterocycles. The second kappa shape index (κ2) is 6.19. The number of alkyl halides is 3. The van der Waals surface area contributed by atoms with E-state index in [4.69, 9.17) is 39.0 Å². The molecule has 2 atom stereocenters. The van der Waals surface area contributed by atoms with Gasteiger partial charge in [-0.3, -0.25) is 8.98 Å². The maximum Gasteiger partial charge on any atom is 0.297 e. The standard InChI is InChI=1S/C15H17Cl3O4S/c1-9-4-6-10(7-5-9)23(20,21)22-12-11(8-15(16,17)18)14(2,3)13(12)19/h4-7,11-12H,8H2,1-3H3/t11-,12-/m1/s1. The second-order valence-electron chi connectivity index (χ2n) is 6.30. The molecule has 1 aliphatic rings. The highest BCUT2D eigenvalue weighted by Gasteiger charge is 2.59. The number of hydrogen-bond donors (Lipinski definition) is 0. The van der Waals surface area contributed by atoms with Gasteiger partial charge in [-0.1, -0.05) is 66.3 Å². The van der Waals surface area contributed by atoms with E-state index in [-0.39, 0.29) is 17.1 Å². The third-order valence-corrected chi connectivity index (χ3v) is 5.95. The SMILES string of the molecule is Cc1ccc(S(=O)(=O)O[C@H]2C(=O)C(C)(C)[C@@H]2CC(Cl)(Cl)Cl)cc1. The summed E-state index contributed by atoms with van der Waals surface area (Å²) in [4.78, 5) is 12.2. The van der Waals surface area contributed by atoms with Crippen LogP contribution in [0.4, 0.5) is 0 Å². The Balaban J connectivity index is 2.23. The Hall–Kier alpha value is -0.330. The summed E-state index contributed by atoms with van der Waals surface area (Å²) >= 11 is 17.4. The molecule has 0 aliphatic heterocycles. The Bertz CT molecular complexity index is 705. The lowest BCUT2D eigenvalue weighted by molar-refractivity contribution is -0.161. The molecular formula is C15H17Cl3O4S. The number of ketones is 1. The van der Waals surface area contributed by atoms with Crippen molar-refractivity contribution in [3.63, 3.8) is 0 Å². The summed E-state index contributed by atoms with van der Waals surface area (Å²) in [6.07, 6.45) is -1.10. The molecule has 0 bridgehead atoms. The summed E-state index contributed by atoms with van der Waals surface area (Å²) in [5.74, 6) is -0.810. The molecule has 0 spiro atoms. The first-order chi connectivity index (χ1) is 10.3. The summed E-state index contributed by atoms with van der Waals surface area (Å²) < 4.78 is 28.2. The normalized spacial score (nSPS) is 24.3. The Labute approximate surface area is 151 Å². The molecule has 128 valence electrons. The van der Waals surface area contributed by atoms with Crippen LogP contribution in [0.5, 0.6) is 0 Å². The number of carbonyl (C=O) groups is 1. The van der Waals surface area contributed by atoms with E-state index in [9.17, 15) is 13.2 Å². The first-order valence-electron chi connectivity index (χ1n) is 6.95. The number of halogens is 3. The van der Waals surface area contributed by atoms with E-state index in [1.54, 1.807) is 26.0 Å². The van der Waals surface area contributed by atoms with Crippen LogP contribution in [-0.4, -0.2) is 24.1 Å². The molecule has 0 radical (unpaired) electrons. The predicted octanol–water partition coefficient (Wildman–Crippen LogP) is 4.05. The van der Waals surface area contributed by atoms with E-state index >= 15 is 0 Å². The van der Waals surface area contributed by atoms with Crippen molar-refractivity contribution in [3.05, 3.63) is 29.8 Å². The molecule has 1 saturated carbocycles. The van der Waals surface area contributed by atoms with E-state index in [0.717, 1.165) is 5.56 Å². The van der Waals surface area contributed by atoms with Crippen molar-refractivity contribution >= 4 is 50.7 Å². The fourth-order valence-electron chi connectivity index (χ4n) is 2.63. The Morgan fingerprint density at radius 1 is 1.17 bits per heavy atom. The van der Waals surface area contributed by atoms with Crippen molar-refractivity contribution in [2.45, 2.75) is 42.0 Å². The minimum Gasteiger partial charge on any atom is -0.296 e. The minimum atomic E-state index is -4.06. The van der Waals surface area contributed by atoms with Gasteiger partial charge in [0.15, 0.2) is 9.58 Å². The first kappa shape index (κ1) is 19.0. The van der Waals surface area contributed by atoms with Gasteiger partial charge < -0.3 is 0 Å². The van der Waals surface area contributed by atoms with Crippen LogP contribution in [0, 0.1) is 18.3 Å². The highest BCUT2D eigenvalue weighted by atomic mass is 35.6. The largest absolute Gasteiger partial charge is 0.297 e. The predicted molar refractivity (Wildman–Crippen MR) is 90.4 cm³/mol. The van der Waals surface area contributed by atoms with Crippen LogP contribution in [0.3, 0.4) is 0 Å². The van der Waals surface area contributed by atoms with Gasteiger partial charge in [-0.25, -0.2) is 0 Å². The molecule has 2 rings (SSSR count). The highest BCUT2D eigenvalue weighted by Crippen LogP contribution is 2.51. The van der Waals surface area contributed by atoms with Crippen LogP contribution in [0.25, 0.3) is 0 Å². The summed E-state index contributed by atoms with van der Waals surface area (Å²) in [5.41, 5.74) is 0.121. The Kier molecular flexibility index (Phi) is 5.11. The minimum absolute atomic E-state index is 0.00626. The quantitative estimate of drug-likeness (QED) is 0.566. The third kappa shape index (κ3) is 4.02. The Morgan fingerprint density at radius 2 is 1.70 bits per heavy atom. The zero-order valence-corrected chi connectivity index (χ0v) is 15.9. The molecule has 0 saturated heterocycles. The zero-order valence-electron chi connectivity index (χ0n) is 12.8. The van der Waals surface area contributed by atoms with Gasteiger partial charge in [-0.15, -0.1) is 0 Å². The second-order valence-corrected chi connectivity index (χ2v) is 10.4. The highest BCUT2D eigenvalue weighted by molar-refractivity contribution is 7.86. The number of benzene rings is 1. The zero-order chi connectivity index (χ0) is 17.6. The van der Waals surface area contributed by atoms with Gasteiger partial charge in [-0.05, 0) is 19.1 Å². The molecular weight excluding hydrogens is 383 g/mol. The van der Waals surface area contributed by atoms with Crippen LogP contribution < -0.4 is 0 Å². The lowest BCUT2D eigenvalue weighted by Crippen LogP contribution is -2.60. The first-order valence-corrected chi connectivity index (χ1v) is 9.50. The lowest BCUT2D eigenvalue weighted by Gasteiger charge is -2.49. The van der Waals surface area contributed by atoms with E-state index in [2.05, 4.69) is 0 Å². The van der Waals surface area contributed by atoms with E-state index in [0.29, 0.717) is 0 Å². The third-order valence-electron chi connectivity index (χ3n) is 4.18. The molecule has 0 N–H and O–H groups in total. The van der Waals surface area contributed by atoms with Gasteiger partial charge >= 0.3 is 0 Å². The average molecular weight is 400 g/mol. The van der Waals surface area contributed by atoms with Crippen LogP contribution in [0.1, 0.15) is 25.8 Å². The summed E-state index contributed by atoms with van der Waals surface area (Å²) in [6.45, 7) is 5.22. The van der Waals surface area contributed by atoms with E-state index in [1.807, 2.05) is 6.92 Å². The van der Waals surface area contributed by atoms with Gasteiger partial charge in [-0.2, -0.15) is 8.42 Å². The molecule has 23 heavy (non-hydrogen) atoms. The number of carbonyl (C=O) groups excluding carboxylic acids is 1. The number of aryl methyl sites for hydroxylation is 1.